The number of carboxylic acid groups (broad SMARTS) is 1. The number of nitrogens with zero attached hydrogens (tertiary/aromatic N) is 1. The predicted molar refractivity (Wildman–Crippen MR) is 81.2 cm³/mol. The number of aromatic carboxylic acids is 1. The smallest absolute Gasteiger partial charge is 0.390 e. The molecule has 1 aromatic carbocycles. The molecule has 0 saturated heterocycles. The van der Waals surface area contributed by atoms with Crippen LogP contribution < -0.4 is 5.32 Å². The lowest BCUT2D eigenvalue weighted by Gasteiger charge is -2.09. The van der Waals surface area contributed by atoms with Crippen LogP contribution in [0.2, 0.25) is 5.02 Å². The van der Waals surface area contributed by atoms with Crippen LogP contribution in [0.25, 0.3) is 0 Å². The van der Waals surface area contributed by atoms with Gasteiger partial charge in [-0.1, -0.05) is 11.6 Å². The van der Waals surface area contributed by atoms with Gasteiger partial charge in [-0.2, -0.15) is 13.2 Å². The number of halogens is 4. The van der Waals surface area contributed by atoms with Gasteiger partial charge in [-0.05, 0) is 18.2 Å². The number of carbonyl (C=O) groups is 3. The van der Waals surface area contributed by atoms with Gasteiger partial charge in [-0.15, -0.1) is 0 Å². The molecule has 2 N–H and O–H groups in total. The van der Waals surface area contributed by atoms with E-state index in [9.17, 15) is 27.6 Å². The van der Waals surface area contributed by atoms with Crippen LogP contribution in [-0.4, -0.2) is 55.1 Å². The van der Waals surface area contributed by atoms with Gasteiger partial charge in [0.2, 0.25) is 6.41 Å². The SMILES string of the molecule is CN(C)C=O.O=C(O)c1ccc(Cl)cc1C(=O)NCCC(F)(F)F. The van der Waals surface area contributed by atoms with Crippen molar-refractivity contribution in [2.24, 2.45) is 0 Å². The second kappa shape index (κ2) is 9.76. The summed E-state index contributed by atoms with van der Waals surface area (Å²) < 4.78 is 35.7. The minimum absolute atomic E-state index is 0.117. The molecule has 0 atom stereocenters. The Labute approximate surface area is 141 Å². The number of carboxylic acids is 1. The minimum atomic E-state index is -4.39. The fraction of sp³-hybridized carbons (Fsp3) is 0.357. The highest BCUT2D eigenvalue weighted by Gasteiger charge is 2.27. The molecule has 6 nitrogen and oxygen atoms in total. The van der Waals surface area contributed by atoms with Gasteiger partial charge in [0.25, 0.3) is 5.91 Å². The van der Waals surface area contributed by atoms with Crippen molar-refractivity contribution in [2.75, 3.05) is 20.6 Å². The van der Waals surface area contributed by atoms with Gasteiger partial charge in [0.05, 0.1) is 17.5 Å². The van der Waals surface area contributed by atoms with Gasteiger partial charge < -0.3 is 15.3 Å². The van der Waals surface area contributed by atoms with Gasteiger partial charge in [0.15, 0.2) is 0 Å². The van der Waals surface area contributed by atoms with E-state index in [2.05, 4.69) is 0 Å². The van der Waals surface area contributed by atoms with Crippen molar-refractivity contribution in [3.05, 3.63) is 34.3 Å². The highest BCUT2D eigenvalue weighted by molar-refractivity contribution is 6.31. The summed E-state index contributed by atoms with van der Waals surface area (Å²) in [6, 6.07) is 3.48. The third-order valence-electron chi connectivity index (χ3n) is 2.36. The second-order valence-corrected chi connectivity index (χ2v) is 5.12. The standard InChI is InChI=1S/C11H9ClF3NO3.C3H7NO/c12-6-1-2-7(10(18)19)8(5-6)9(17)16-4-3-11(13,14)15;1-4(2)3-5/h1-2,5H,3-4H2,(H,16,17)(H,18,19);3H,1-2H3. The van der Waals surface area contributed by atoms with Crippen LogP contribution in [0.3, 0.4) is 0 Å². The van der Waals surface area contributed by atoms with Crippen molar-refractivity contribution in [1.29, 1.82) is 0 Å². The normalized spacial score (nSPS) is 10.2. The first-order valence-electron chi connectivity index (χ1n) is 6.47. The number of amides is 2. The van der Waals surface area contributed by atoms with Crippen LogP contribution in [0.4, 0.5) is 13.2 Å². The highest BCUT2D eigenvalue weighted by atomic mass is 35.5. The number of nitrogens with one attached hydrogen (secondary N) is 1. The van der Waals surface area contributed by atoms with Gasteiger partial charge in [-0.3, -0.25) is 9.59 Å². The molecule has 0 aliphatic rings. The van der Waals surface area contributed by atoms with Crippen molar-refractivity contribution in [3.63, 3.8) is 0 Å². The molecule has 0 radical (unpaired) electrons. The lowest BCUT2D eigenvalue weighted by molar-refractivity contribution is -0.133. The molecule has 0 heterocycles. The summed E-state index contributed by atoms with van der Waals surface area (Å²) in [5, 5.41) is 11.0. The Morgan fingerprint density at radius 1 is 1.29 bits per heavy atom. The lowest BCUT2D eigenvalue weighted by Crippen LogP contribution is -2.29. The van der Waals surface area contributed by atoms with E-state index >= 15 is 0 Å². The number of hydrogen-bond donors (Lipinski definition) is 2. The van der Waals surface area contributed by atoms with Gasteiger partial charge in [0, 0.05) is 25.7 Å². The van der Waals surface area contributed by atoms with Gasteiger partial charge in [0.1, 0.15) is 0 Å². The van der Waals surface area contributed by atoms with Crippen molar-refractivity contribution in [3.8, 4) is 0 Å². The molecule has 0 aliphatic heterocycles. The maximum Gasteiger partial charge on any atom is 0.390 e. The third kappa shape index (κ3) is 8.99. The minimum Gasteiger partial charge on any atom is -0.478 e. The molecule has 1 rings (SSSR count). The van der Waals surface area contributed by atoms with Crippen LogP contribution in [0.15, 0.2) is 18.2 Å². The number of hydrogen-bond acceptors (Lipinski definition) is 3. The first-order valence-corrected chi connectivity index (χ1v) is 6.85. The average Bonchev–Trinajstić information content (AvgIpc) is 2.45. The summed E-state index contributed by atoms with van der Waals surface area (Å²) in [6.07, 6.45) is -4.83. The first-order chi connectivity index (χ1) is 11.0. The van der Waals surface area contributed by atoms with Crippen LogP contribution in [0.5, 0.6) is 0 Å². The quantitative estimate of drug-likeness (QED) is 0.781. The summed E-state index contributed by atoms with van der Waals surface area (Å²) in [4.78, 5) is 33.4. The molecule has 0 spiro atoms. The first kappa shape index (κ1) is 21.7. The van der Waals surface area contributed by atoms with E-state index in [-0.39, 0.29) is 16.1 Å². The molecule has 0 aromatic heterocycles. The Morgan fingerprint density at radius 2 is 1.83 bits per heavy atom. The third-order valence-corrected chi connectivity index (χ3v) is 2.60. The summed E-state index contributed by atoms with van der Waals surface area (Å²) in [6.45, 7) is -0.631. The Bertz CT molecular complexity index is 592. The summed E-state index contributed by atoms with van der Waals surface area (Å²) in [5.41, 5.74) is -0.601. The zero-order valence-corrected chi connectivity index (χ0v) is 13.6. The largest absolute Gasteiger partial charge is 0.478 e. The zero-order chi connectivity index (χ0) is 18.9. The van der Waals surface area contributed by atoms with E-state index in [0.29, 0.717) is 0 Å². The van der Waals surface area contributed by atoms with Crippen LogP contribution in [0, 0.1) is 0 Å². The van der Waals surface area contributed by atoms with Crippen LogP contribution in [-0.2, 0) is 4.79 Å². The Kier molecular flexibility index (Phi) is 8.83. The van der Waals surface area contributed by atoms with E-state index in [0.717, 1.165) is 18.5 Å². The maximum atomic E-state index is 11.9. The summed E-state index contributed by atoms with van der Waals surface area (Å²) >= 11 is 5.62. The molecule has 2 amide bonds. The molecule has 0 saturated carbocycles. The van der Waals surface area contributed by atoms with Crippen molar-refractivity contribution >= 4 is 29.9 Å². The number of alkyl halides is 3. The maximum absolute atomic E-state index is 11.9. The van der Waals surface area contributed by atoms with Crippen molar-refractivity contribution < 1.29 is 32.7 Å². The average molecular weight is 369 g/mol. The molecule has 0 aliphatic carbocycles. The Morgan fingerprint density at radius 3 is 2.25 bits per heavy atom. The molecule has 1 aromatic rings. The number of carbonyl (C=O) groups excluding carboxylic acids is 2. The van der Waals surface area contributed by atoms with E-state index in [4.69, 9.17) is 16.7 Å². The Hall–Kier alpha value is -2.29. The molecule has 24 heavy (non-hydrogen) atoms. The molecule has 10 heteroatoms. The van der Waals surface area contributed by atoms with Crippen molar-refractivity contribution in [1.82, 2.24) is 10.2 Å². The van der Waals surface area contributed by atoms with Crippen LogP contribution >= 0.6 is 11.6 Å². The van der Waals surface area contributed by atoms with Crippen LogP contribution in [0.1, 0.15) is 27.1 Å². The summed E-state index contributed by atoms with van der Waals surface area (Å²) in [7, 11) is 3.38. The molecule has 0 unspecified atom stereocenters. The second-order valence-electron chi connectivity index (χ2n) is 4.69. The number of rotatable bonds is 5. The predicted octanol–water partition coefficient (Wildman–Crippen LogP) is 2.42. The van der Waals surface area contributed by atoms with E-state index < -0.39 is 31.0 Å². The molecule has 0 bridgehead atoms. The zero-order valence-electron chi connectivity index (χ0n) is 12.9. The molecular weight excluding hydrogens is 353 g/mol. The number of benzene rings is 1. The van der Waals surface area contributed by atoms with E-state index in [1.165, 1.54) is 11.0 Å². The van der Waals surface area contributed by atoms with Crippen molar-refractivity contribution in [2.45, 2.75) is 12.6 Å². The van der Waals surface area contributed by atoms with Gasteiger partial charge >= 0.3 is 12.1 Å². The fourth-order valence-electron chi connectivity index (χ4n) is 1.30. The Balaban J connectivity index is 0.000000922. The molecule has 134 valence electrons. The lowest BCUT2D eigenvalue weighted by atomic mass is 10.1. The topological polar surface area (TPSA) is 86.7 Å². The monoisotopic (exact) mass is 368 g/mol. The summed E-state index contributed by atoms with van der Waals surface area (Å²) in [5.74, 6) is -2.28. The van der Waals surface area contributed by atoms with E-state index in [1.54, 1.807) is 14.1 Å². The molecule has 0 fully saturated rings. The van der Waals surface area contributed by atoms with Gasteiger partial charge in [-0.25, -0.2) is 4.79 Å². The fourth-order valence-corrected chi connectivity index (χ4v) is 1.48. The van der Waals surface area contributed by atoms with E-state index in [1.807, 2.05) is 5.32 Å². The highest BCUT2D eigenvalue weighted by Crippen LogP contribution is 2.19. The molecular formula is C14H16ClF3N2O4.